The predicted octanol–water partition coefficient (Wildman–Crippen LogP) is 4.89. The van der Waals surface area contributed by atoms with E-state index in [1.54, 1.807) is 0 Å². The van der Waals surface area contributed by atoms with Crippen LogP contribution in [0.3, 0.4) is 0 Å². The van der Waals surface area contributed by atoms with Crippen LogP contribution in [0.2, 0.25) is 0 Å². The molecule has 0 amide bonds. The third-order valence-electron chi connectivity index (χ3n) is 3.22. The lowest BCUT2D eigenvalue weighted by molar-refractivity contribution is 0.236. The normalized spacial score (nSPS) is 16.2. The van der Waals surface area contributed by atoms with Crippen molar-refractivity contribution in [2.24, 2.45) is 17.8 Å². The van der Waals surface area contributed by atoms with Crippen LogP contribution in [0.15, 0.2) is 0 Å². The molecular weight excluding hydrogens is 156 g/mol. The molecule has 0 heterocycles. The van der Waals surface area contributed by atoms with Crippen LogP contribution in [0.4, 0.5) is 0 Å². The molecule has 0 saturated carbocycles. The van der Waals surface area contributed by atoms with Crippen molar-refractivity contribution in [2.75, 3.05) is 0 Å². The first-order valence-electron chi connectivity index (χ1n) is 6.13. The summed E-state index contributed by atoms with van der Waals surface area (Å²) >= 11 is 0. The van der Waals surface area contributed by atoms with Gasteiger partial charge in [-0.2, -0.15) is 0 Å². The molecular formula is C13H28. The Morgan fingerprint density at radius 3 is 1.85 bits per heavy atom. The van der Waals surface area contributed by atoms with E-state index in [1.165, 1.54) is 32.1 Å². The molecule has 2 atom stereocenters. The van der Waals surface area contributed by atoms with Crippen LogP contribution in [-0.4, -0.2) is 0 Å². The second-order valence-electron chi connectivity index (χ2n) is 4.82. The third kappa shape index (κ3) is 5.33. The molecule has 0 heteroatoms. The molecule has 13 heavy (non-hydrogen) atoms. The third-order valence-corrected chi connectivity index (χ3v) is 3.22. The van der Waals surface area contributed by atoms with E-state index in [4.69, 9.17) is 0 Å². The highest BCUT2D eigenvalue weighted by Gasteiger charge is 2.18. The topological polar surface area (TPSA) is 0 Å². The smallest absolute Gasteiger partial charge is 0.0365 e. The number of unbranched alkanes of at least 4 members (excludes halogenated alkanes) is 1. The molecule has 0 aromatic rings. The second-order valence-corrected chi connectivity index (χ2v) is 4.82. The lowest BCUT2D eigenvalue weighted by Gasteiger charge is -2.27. The zero-order chi connectivity index (χ0) is 10.3. The van der Waals surface area contributed by atoms with Crippen molar-refractivity contribution >= 4 is 0 Å². The summed E-state index contributed by atoms with van der Waals surface area (Å²) in [4.78, 5) is 0. The van der Waals surface area contributed by atoms with E-state index in [0.29, 0.717) is 0 Å². The largest absolute Gasteiger partial charge is 0.0654 e. The summed E-state index contributed by atoms with van der Waals surface area (Å²) in [7, 11) is 0. The Balaban J connectivity index is 3.87. The Hall–Kier alpha value is 0. The molecule has 0 aromatic heterocycles. The van der Waals surface area contributed by atoms with Gasteiger partial charge in [0, 0.05) is 0 Å². The molecule has 0 fully saturated rings. The first kappa shape index (κ1) is 13.0. The summed E-state index contributed by atoms with van der Waals surface area (Å²) in [6, 6.07) is 0. The van der Waals surface area contributed by atoms with Crippen molar-refractivity contribution < 1.29 is 0 Å². The van der Waals surface area contributed by atoms with Crippen LogP contribution in [0.5, 0.6) is 0 Å². The van der Waals surface area contributed by atoms with Gasteiger partial charge in [-0.25, -0.2) is 0 Å². The van der Waals surface area contributed by atoms with E-state index in [2.05, 4.69) is 34.6 Å². The Morgan fingerprint density at radius 1 is 0.846 bits per heavy atom. The predicted molar refractivity (Wildman–Crippen MR) is 61.9 cm³/mol. The molecule has 0 aliphatic heterocycles. The zero-order valence-electron chi connectivity index (χ0n) is 10.3. The van der Waals surface area contributed by atoms with Gasteiger partial charge in [0.1, 0.15) is 0 Å². The van der Waals surface area contributed by atoms with Gasteiger partial charge in [0.05, 0.1) is 0 Å². The molecule has 0 aliphatic carbocycles. The van der Waals surface area contributed by atoms with Crippen LogP contribution >= 0.6 is 0 Å². The molecule has 0 spiro atoms. The molecule has 0 N–H and O–H groups in total. The minimum absolute atomic E-state index is 0.867. The quantitative estimate of drug-likeness (QED) is 0.528. The van der Waals surface area contributed by atoms with Gasteiger partial charge in [-0.3, -0.25) is 0 Å². The Bertz CT molecular complexity index is 105. The van der Waals surface area contributed by atoms with Crippen molar-refractivity contribution in [3.8, 4) is 0 Å². The van der Waals surface area contributed by atoms with Crippen LogP contribution in [0.1, 0.15) is 66.7 Å². The van der Waals surface area contributed by atoms with Crippen molar-refractivity contribution in [1.29, 1.82) is 0 Å². The molecule has 0 aliphatic rings. The maximum Gasteiger partial charge on any atom is -0.0365 e. The van der Waals surface area contributed by atoms with Crippen LogP contribution in [-0.2, 0) is 0 Å². The highest BCUT2D eigenvalue weighted by atomic mass is 14.2. The summed E-state index contributed by atoms with van der Waals surface area (Å²) in [6.07, 6.45) is 6.95. The van der Waals surface area contributed by atoms with Gasteiger partial charge in [0.15, 0.2) is 0 Å². The van der Waals surface area contributed by atoms with Crippen LogP contribution in [0.25, 0.3) is 0 Å². The standard InChI is InChI=1S/C13H28/c1-6-8-10-12(5)13(9-7-2)11(3)4/h11-13H,6-10H2,1-5H3. The van der Waals surface area contributed by atoms with Gasteiger partial charge in [0.25, 0.3) is 0 Å². The molecule has 0 radical (unpaired) electrons. The lowest BCUT2D eigenvalue weighted by atomic mass is 9.79. The van der Waals surface area contributed by atoms with E-state index < -0.39 is 0 Å². The second kappa shape index (κ2) is 7.41. The monoisotopic (exact) mass is 184 g/mol. The van der Waals surface area contributed by atoms with E-state index in [9.17, 15) is 0 Å². The lowest BCUT2D eigenvalue weighted by Crippen LogP contribution is -2.17. The summed E-state index contributed by atoms with van der Waals surface area (Å²) in [5.74, 6) is 2.75. The Morgan fingerprint density at radius 2 is 1.46 bits per heavy atom. The van der Waals surface area contributed by atoms with Gasteiger partial charge in [-0.15, -0.1) is 0 Å². The average Bonchev–Trinajstić information content (AvgIpc) is 2.09. The molecule has 0 saturated heterocycles. The van der Waals surface area contributed by atoms with Crippen molar-refractivity contribution in [2.45, 2.75) is 66.7 Å². The molecule has 80 valence electrons. The average molecular weight is 184 g/mol. The Labute approximate surface area is 85.1 Å². The number of rotatable bonds is 7. The first-order chi connectivity index (χ1) is 6.13. The fraction of sp³-hybridized carbons (Fsp3) is 1.00. The van der Waals surface area contributed by atoms with Crippen molar-refractivity contribution in [3.63, 3.8) is 0 Å². The van der Waals surface area contributed by atoms with Gasteiger partial charge < -0.3 is 0 Å². The highest BCUT2D eigenvalue weighted by Crippen LogP contribution is 2.29. The number of hydrogen-bond acceptors (Lipinski definition) is 0. The molecule has 0 nitrogen and oxygen atoms in total. The minimum Gasteiger partial charge on any atom is -0.0654 e. The molecule has 2 unspecified atom stereocenters. The summed E-state index contributed by atoms with van der Waals surface area (Å²) in [5.41, 5.74) is 0. The van der Waals surface area contributed by atoms with Gasteiger partial charge in [-0.05, 0) is 17.8 Å². The summed E-state index contributed by atoms with van der Waals surface area (Å²) in [6.45, 7) is 11.8. The van der Waals surface area contributed by atoms with Crippen LogP contribution in [0, 0.1) is 17.8 Å². The zero-order valence-corrected chi connectivity index (χ0v) is 10.3. The van der Waals surface area contributed by atoms with Gasteiger partial charge in [-0.1, -0.05) is 66.7 Å². The van der Waals surface area contributed by atoms with Gasteiger partial charge in [0.2, 0.25) is 0 Å². The van der Waals surface area contributed by atoms with E-state index in [-0.39, 0.29) is 0 Å². The van der Waals surface area contributed by atoms with Crippen molar-refractivity contribution in [3.05, 3.63) is 0 Å². The van der Waals surface area contributed by atoms with Crippen LogP contribution < -0.4 is 0 Å². The first-order valence-corrected chi connectivity index (χ1v) is 6.13. The maximum atomic E-state index is 2.44. The summed E-state index contributed by atoms with van der Waals surface area (Å²) in [5, 5.41) is 0. The van der Waals surface area contributed by atoms with Gasteiger partial charge >= 0.3 is 0 Å². The fourth-order valence-corrected chi connectivity index (χ4v) is 2.35. The Kier molecular flexibility index (Phi) is 7.41. The fourth-order valence-electron chi connectivity index (χ4n) is 2.35. The maximum absolute atomic E-state index is 2.44. The van der Waals surface area contributed by atoms with E-state index in [0.717, 1.165) is 17.8 Å². The highest BCUT2D eigenvalue weighted by molar-refractivity contribution is 4.69. The molecule has 0 aromatic carbocycles. The SMILES string of the molecule is CCCCC(C)C(CCC)C(C)C. The number of hydrogen-bond donors (Lipinski definition) is 0. The molecule has 0 rings (SSSR count). The van der Waals surface area contributed by atoms with E-state index >= 15 is 0 Å². The summed E-state index contributed by atoms with van der Waals surface area (Å²) < 4.78 is 0. The molecule has 0 bridgehead atoms. The van der Waals surface area contributed by atoms with E-state index in [1.807, 2.05) is 0 Å². The van der Waals surface area contributed by atoms with Crippen molar-refractivity contribution in [1.82, 2.24) is 0 Å². The minimum atomic E-state index is 0.867.